The molecule has 1 aromatic heterocycles. The van der Waals surface area contributed by atoms with E-state index in [4.69, 9.17) is 0 Å². The summed E-state index contributed by atoms with van der Waals surface area (Å²) in [6, 6.07) is 6.94. The Morgan fingerprint density at radius 2 is 2.25 bits per heavy atom. The van der Waals surface area contributed by atoms with E-state index in [1.165, 1.54) is 17.4 Å². The number of aromatic nitrogens is 1. The minimum Gasteiger partial charge on any atom is -0.312 e. The lowest BCUT2D eigenvalue weighted by molar-refractivity contribution is -0.116. The molecule has 1 fully saturated rings. The summed E-state index contributed by atoms with van der Waals surface area (Å²) in [6.07, 6.45) is 2.64. The molecular weight excluding hydrogens is 369 g/mol. The number of rotatable bonds is 5. The fraction of sp³-hybridized carbons (Fsp3) is 0.375. The normalized spacial score (nSPS) is 17.1. The van der Waals surface area contributed by atoms with Gasteiger partial charge in [-0.25, -0.2) is 9.37 Å². The highest BCUT2D eigenvalue weighted by Gasteiger charge is 2.17. The van der Waals surface area contributed by atoms with Crippen LogP contribution in [0, 0.1) is 5.82 Å². The number of thioether (sulfide) groups is 1. The minimum atomic E-state index is -0.215. The van der Waals surface area contributed by atoms with Gasteiger partial charge < -0.3 is 10.6 Å². The van der Waals surface area contributed by atoms with E-state index in [0.717, 1.165) is 22.9 Å². The Morgan fingerprint density at radius 3 is 3.00 bits per heavy atom. The van der Waals surface area contributed by atoms with Crippen LogP contribution in [0.4, 0.5) is 9.52 Å². The maximum absolute atomic E-state index is 13.7. The third kappa shape index (κ3) is 5.44. The van der Waals surface area contributed by atoms with Gasteiger partial charge in [0.15, 0.2) is 5.13 Å². The average molecular weight is 388 g/mol. The predicted molar refractivity (Wildman–Crippen MR) is 101 cm³/mol. The van der Waals surface area contributed by atoms with E-state index in [-0.39, 0.29) is 30.2 Å². The van der Waals surface area contributed by atoms with Crippen molar-refractivity contribution >= 4 is 46.5 Å². The topological polar surface area (TPSA) is 54.0 Å². The zero-order valence-corrected chi connectivity index (χ0v) is 15.4. The number of anilines is 1. The van der Waals surface area contributed by atoms with Crippen molar-refractivity contribution in [2.45, 2.75) is 18.9 Å². The Kier molecular flexibility index (Phi) is 7.48. The highest BCUT2D eigenvalue weighted by atomic mass is 35.5. The van der Waals surface area contributed by atoms with E-state index in [1.54, 1.807) is 18.3 Å². The number of carbonyl (C=O) groups is 1. The van der Waals surface area contributed by atoms with Gasteiger partial charge in [0.2, 0.25) is 5.91 Å². The van der Waals surface area contributed by atoms with Crippen molar-refractivity contribution in [2.24, 2.45) is 0 Å². The summed E-state index contributed by atoms with van der Waals surface area (Å²) in [5.41, 5.74) is 0.637. The lowest BCUT2D eigenvalue weighted by Crippen LogP contribution is -2.39. The molecule has 4 nitrogen and oxygen atoms in total. The molecule has 0 saturated carbocycles. The van der Waals surface area contributed by atoms with E-state index in [2.05, 4.69) is 15.6 Å². The van der Waals surface area contributed by atoms with Crippen molar-refractivity contribution in [3.05, 3.63) is 46.7 Å². The molecule has 0 radical (unpaired) electrons. The lowest BCUT2D eigenvalue weighted by Gasteiger charge is -2.22. The Balaban J connectivity index is 0.00000208. The first-order valence-corrected chi connectivity index (χ1v) is 9.47. The molecule has 1 unspecified atom stereocenters. The summed E-state index contributed by atoms with van der Waals surface area (Å²) in [4.78, 5) is 17.2. The van der Waals surface area contributed by atoms with Gasteiger partial charge in [0.1, 0.15) is 5.82 Å². The number of halogens is 2. The molecule has 2 N–H and O–H groups in total. The van der Waals surface area contributed by atoms with Gasteiger partial charge >= 0.3 is 0 Å². The van der Waals surface area contributed by atoms with E-state index in [0.29, 0.717) is 23.5 Å². The molecule has 1 aliphatic heterocycles. The van der Waals surface area contributed by atoms with Crippen LogP contribution in [0.2, 0.25) is 0 Å². The molecule has 1 atom stereocenters. The number of carbonyl (C=O) groups excluding carboxylic acids is 1. The molecule has 0 aliphatic carbocycles. The van der Waals surface area contributed by atoms with E-state index in [1.807, 2.05) is 17.8 Å². The van der Waals surface area contributed by atoms with Crippen LogP contribution < -0.4 is 10.6 Å². The Morgan fingerprint density at radius 1 is 1.42 bits per heavy atom. The Hall–Kier alpha value is -1.15. The van der Waals surface area contributed by atoms with Crippen molar-refractivity contribution in [3.8, 4) is 0 Å². The van der Waals surface area contributed by atoms with Crippen LogP contribution in [0.3, 0.4) is 0 Å². The molecule has 0 bridgehead atoms. The Bertz CT molecular complexity index is 677. The molecule has 24 heavy (non-hydrogen) atoms. The summed E-state index contributed by atoms with van der Waals surface area (Å²) in [5.74, 6) is 1.82. The van der Waals surface area contributed by atoms with Crippen molar-refractivity contribution in [3.63, 3.8) is 0 Å². The van der Waals surface area contributed by atoms with Gasteiger partial charge in [0.05, 0.1) is 0 Å². The molecule has 1 saturated heterocycles. The summed E-state index contributed by atoms with van der Waals surface area (Å²) in [7, 11) is 0. The first-order chi connectivity index (χ1) is 11.2. The summed E-state index contributed by atoms with van der Waals surface area (Å²) >= 11 is 3.26. The zero-order valence-electron chi connectivity index (χ0n) is 13.0. The largest absolute Gasteiger partial charge is 0.312 e. The zero-order chi connectivity index (χ0) is 16.1. The van der Waals surface area contributed by atoms with Crippen LogP contribution in [-0.2, 0) is 11.2 Å². The van der Waals surface area contributed by atoms with E-state index < -0.39 is 0 Å². The molecule has 2 aromatic rings. The van der Waals surface area contributed by atoms with Gasteiger partial charge in [-0.15, -0.1) is 23.7 Å². The van der Waals surface area contributed by atoms with E-state index >= 15 is 0 Å². The average Bonchev–Trinajstić information content (AvgIpc) is 2.97. The fourth-order valence-electron chi connectivity index (χ4n) is 2.42. The standard InChI is InChI=1S/C16H18FN3OS2.ClH/c17-14-4-2-1-3-11(14)7-13-9-19-16(23-13)20-15(21)8-12-10-22-6-5-18-12;/h1-4,9,12,18H,5-8,10H2,(H,19,20,21);1H. The van der Waals surface area contributed by atoms with Gasteiger partial charge in [-0.2, -0.15) is 11.8 Å². The van der Waals surface area contributed by atoms with Gasteiger partial charge in [-0.05, 0) is 11.6 Å². The fourth-order valence-corrected chi connectivity index (χ4v) is 4.22. The molecule has 8 heteroatoms. The third-order valence-electron chi connectivity index (χ3n) is 3.55. The van der Waals surface area contributed by atoms with Gasteiger partial charge in [-0.3, -0.25) is 4.79 Å². The lowest BCUT2D eigenvalue weighted by atomic mass is 10.1. The third-order valence-corrected chi connectivity index (χ3v) is 5.60. The summed E-state index contributed by atoms with van der Waals surface area (Å²) in [6.45, 7) is 0.951. The second-order valence-corrected chi connectivity index (χ2v) is 7.64. The van der Waals surface area contributed by atoms with Gasteiger partial charge in [0, 0.05) is 48.0 Å². The highest BCUT2D eigenvalue weighted by Crippen LogP contribution is 2.22. The van der Waals surface area contributed by atoms with Crippen LogP contribution in [0.5, 0.6) is 0 Å². The second-order valence-electron chi connectivity index (χ2n) is 5.38. The van der Waals surface area contributed by atoms with Crippen molar-refractivity contribution < 1.29 is 9.18 Å². The number of thiazole rings is 1. The first-order valence-electron chi connectivity index (χ1n) is 7.50. The van der Waals surface area contributed by atoms with Gasteiger partial charge in [-0.1, -0.05) is 18.2 Å². The number of nitrogens with zero attached hydrogens (tertiary/aromatic N) is 1. The van der Waals surface area contributed by atoms with Crippen LogP contribution in [0.25, 0.3) is 0 Å². The molecule has 1 aliphatic rings. The molecule has 3 rings (SSSR count). The van der Waals surface area contributed by atoms with Crippen LogP contribution in [0.15, 0.2) is 30.5 Å². The molecular formula is C16H19ClFN3OS2. The molecule has 2 heterocycles. The molecule has 1 amide bonds. The smallest absolute Gasteiger partial charge is 0.227 e. The minimum absolute atomic E-state index is 0. The van der Waals surface area contributed by atoms with Crippen molar-refractivity contribution in [1.29, 1.82) is 0 Å². The number of benzene rings is 1. The molecule has 0 spiro atoms. The maximum atomic E-state index is 13.7. The van der Waals surface area contributed by atoms with Crippen LogP contribution in [-0.4, -0.2) is 35.0 Å². The van der Waals surface area contributed by atoms with Gasteiger partial charge in [0.25, 0.3) is 0 Å². The number of hydrogen-bond donors (Lipinski definition) is 2. The SMILES string of the molecule is Cl.O=C(CC1CSCCN1)Nc1ncc(Cc2ccccc2F)s1. The molecule has 130 valence electrons. The monoisotopic (exact) mass is 387 g/mol. The first kappa shape index (κ1) is 19.2. The maximum Gasteiger partial charge on any atom is 0.227 e. The van der Waals surface area contributed by atoms with Crippen LogP contribution >= 0.6 is 35.5 Å². The highest BCUT2D eigenvalue weighted by molar-refractivity contribution is 7.99. The molecule has 1 aromatic carbocycles. The van der Waals surface area contributed by atoms with Crippen molar-refractivity contribution in [1.82, 2.24) is 10.3 Å². The Labute approximate surface area is 155 Å². The number of hydrogen-bond acceptors (Lipinski definition) is 5. The number of amides is 1. The van der Waals surface area contributed by atoms with Crippen LogP contribution in [0.1, 0.15) is 16.9 Å². The quantitative estimate of drug-likeness (QED) is 0.826. The summed E-state index contributed by atoms with van der Waals surface area (Å²) < 4.78 is 13.7. The van der Waals surface area contributed by atoms with Crippen molar-refractivity contribution in [2.75, 3.05) is 23.4 Å². The summed E-state index contributed by atoms with van der Waals surface area (Å²) in [5, 5.41) is 6.75. The van der Waals surface area contributed by atoms with E-state index in [9.17, 15) is 9.18 Å². The predicted octanol–water partition coefficient (Wildman–Crippen LogP) is 3.33. The second kappa shape index (κ2) is 9.36. The number of nitrogens with one attached hydrogen (secondary N) is 2.